The molecular weight excluding hydrogens is 270 g/mol. The number of ether oxygens (including phenoxy) is 1. The number of hydrogen-bond donors (Lipinski definition) is 1. The summed E-state index contributed by atoms with van der Waals surface area (Å²) in [5.74, 6) is -0.241. The zero-order valence-electron chi connectivity index (χ0n) is 13.1. The Hall–Kier alpha value is -1.36. The number of aliphatic hydroxyl groups is 1. The van der Waals surface area contributed by atoms with E-state index in [0.29, 0.717) is 6.42 Å². The number of carbonyl (C=O) groups is 2. The van der Waals surface area contributed by atoms with Gasteiger partial charge in [-0.1, -0.05) is 25.8 Å². The van der Waals surface area contributed by atoms with Crippen LogP contribution in [0.5, 0.6) is 0 Å². The monoisotopic (exact) mass is 297 g/mol. The summed E-state index contributed by atoms with van der Waals surface area (Å²) in [5.41, 5.74) is 0. The fraction of sp³-hybridized carbons (Fsp3) is 0.750. The highest BCUT2D eigenvalue weighted by atomic mass is 16.5. The third kappa shape index (κ3) is 5.50. The third-order valence-electron chi connectivity index (χ3n) is 3.95. The lowest BCUT2D eigenvalue weighted by Gasteiger charge is -2.24. The van der Waals surface area contributed by atoms with Gasteiger partial charge in [0.2, 0.25) is 5.91 Å². The molecule has 120 valence electrons. The molecule has 3 unspecified atom stereocenters. The fourth-order valence-corrected chi connectivity index (χ4v) is 2.75. The first-order valence-electron chi connectivity index (χ1n) is 7.65. The van der Waals surface area contributed by atoms with Crippen LogP contribution in [0.3, 0.4) is 0 Å². The van der Waals surface area contributed by atoms with Crippen molar-refractivity contribution in [3.05, 3.63) is 12.7 Å². The molecule has 1 N–H and O–H groups in total. The standard InChI is InChI=1S/C16H27NO4/c1-4-5-6-7-8-12(2)9-15(19)17-11-13(18)10-14(17)16(20)21-3/h4,12-14,18H,1,5-11H2,2-3H3. The molecule has 21 heavy (non-hydrogen) atoms. The number of hydrogen-bond acceptors (Lipinski definition) is 4. The van der Waals surface area contributed by atoms with E-state index in [0.717, 1.165) is 25.7 Å². The molecule has 0 saturated carbocycles. The van der Waals surface area contributed by atoms with Gasteiger partial charge in [-0.25, -0.2) is 4.79 Å². The molecule has 1 heterocycles. The normalized spacial score (nSPS) is 22.9. The van der Waals surface area contributed by atoms with Crippen molar-refractivity contribution in [2.45, 2.75) is 57.6 Å². The van der Waals surface area contributed by atoms with Gasteiger partial charge in [-0.15, -0.1) is 6.58 Å². The highest BCUT2D eigenvalue weighted by Gasteiger charge is 2.39. The number of aliphatic hydroxyl groups excluding tert-OH is 1. The molecule has 0 bridgehead atoms. The molecule has 1 rings (SSSR count). The van der Waals surface area contributed by atoms with Crippen molar-refractivity contribution >= 4 is 11.9 Å². The predicted octanol–water partition coefficient (Wildman–Crippen LogP) is 1.89. The quantitative estimate of drug-likeness (QED) is 0.422. The summed E-state index contributed by atoms with van der Waals surface area (Å²) in [6.45, 7) is 5.96. The number of rotatable bonds is 8. The fourth-order valence-electron chi connectivity index (χ4n) is 2.75. The molecule has 1 aliphatic heterocycles. The summed E-state index contributed by atoms with van der Waals surface area (Å²) < 4.78 is 4.71. The Morgan fingerprint density at radius 1 is 1.48 bits per heavy atom. The molecule has 1 saturated heterocycles. The van der Waals surface area contributed by atoms with Crippen molar-refractivity contribution < 1.29 is 19.4 Å². The van der Waals surface area contributed by atoms with E-state index in [1.807, 2.05) is 13.0 Å². The highest BCUT2D eigenvalue weighted by Crippen LogP contribution is 2.22. The van der Waals surface area contributed by atoms with Gasteiger partial charge in [-0.2, -0.15) is 0 Å². The molecule has 1 amide bonds. The Balaban J connectivity index is 2.45. The summed E-state index contributed by atoms with van der Waals surface area (Å²) in [7, 11) is 1.30. The number of likely N-dealkylation sites (tertiary alicyclic amines) is 1. The Labute approximate surface area is 127 Å². The lowest BCUT2D eigenvalue weighted by atomic mass is 9.99. The van der Waals surface area contributed by atoms with Gasteiger partial charge in [-0.3, -0.25) is 4.79 Å². The minimum absolute atomic E-state index is 0.0711. The molecular formula is C16H27NO4. The molecule has 0 aliphatic carbocycles. The molecule has 1 aliphatic rings. The van der Waals surface area contributed by atoms with Gasteiger partial charge >= 0.3 is 5.97 Å². The Morgan fingerprint density at radius 2 is 2.19 bits per heavy atom. The van der Waals surface area contributed by atoms with Crippen molar-refractivity contribution in [2.24, 2.45) is 5.92 Å². The first-order chi connectivity index (χ1) is 9.99. The van der Waals surface area contributed by atoms with Gasteiger partial charge in [0.1, 0.15) is 6.04 Å². The number of allylic oxidation sites excluding steroid dienone is 1. The van der Waals surface area contributed by atoms with Crippen LogP contribution in [0.1, 0.15) is 45.4 Å². The van der Waals surface area contributed by atoms with Gasteiger partial charge in [0.05, 0.1) is 13.2 Å². The summed E-state index contributed by atoms with van der Waals surface area (Å²) in [5, 5.41) is 9.69. The van der Waals surface area contributed by atoms with Gasteiger partial charge in [0.15, 0.2) is 0 Å². The minimum Gasteiger partial charge on any atom is -0.467 e. The average molecular weight is 297 g/mol. The Kier molecular flexibility index (Phi) is 7.43. The molecule has 0 aromatic rings. The van der Waals surface area contributed by atoms with Crippen LogP contribution >= 0.6 is 0 Å². The molecule has 0 spiro atoms. The highest BCUT2D eigenvalue weighted by molar-refractivity contribution is 5.85. The number of methoxy groups -OCH3 is 1. The van der Waals surface area contributed by atoms with E-state index in [-0.39, 0.29) is 24.8 Å². The molecule has 0 aromatic carbocycles. The van der Waals surface area contributed by atoms with Crippen LogP contribution < -0.4 is 0 Å². The molecule has 0 aromatic heterocycles. The van der Waals surface area contributed by atoms with Crippen LogP contribution in [-0.2, 0) is 14.3 Å². The molecule has 5 heteroatoms. The maximum Gasteiger partial charge on any atom is 0.328 e. The first kappa shape index (κ1) is 17.7. The smallest absolute Gasteiger partial charge is 0.328 e. The predicted molar refractivity (Wildman–Crippen MR) is 80.6 cm³/mol. The summed E-state index contributed by atoms with van der Waals surface area (Å²) >= 11 is 0. The van der Waals surface area contributed by atoms with Crippen LogP contribution in [0.15, 0.2) is 12.7 Å². The van der Waals surface area contributed by atoms with Crippen molar-refractivity contribution in [1.29, 1.82) is 0 Å². The van der Waals surface area contributed by atoms with Crippen LogP contribution in [0, 0.1) is 5.92 Å². The van der Waals surface area contributed by atoms with E-state index < -0.39 is 18.1 Å². The van der Waals surface area contributed by atoms with E-state index in [9.17, 15) is 14.7 Å². The third-order valence-corrected chi connectivity index (χ3v) is 3.95. The van der Waals surface area contributed by atoms with Crippen LogP contribution in [0.25, 0.3) is 0 Å². The number of unbranched alkanes of at least 4 members (excludes halogenated alkanes) is 2. The van der Waals surface area contributed by atoms with E-state index in [1.165, 1.54) is 12.0 Å². The van der Waals surface area contributed by atoms with Gasteiger partial charge < -0.3 is 14.7 Å². The van der Waals surface area contributed by atoms with Gasteiger partial charge in [-0.05, 0) is 18.8 Å². The number of esters is 1. The molecule has 1 fully saturated rings. The maximum absolute atomic E-state index is 12.3. The van der Waals surface area contributed by atoms with Crippen molar-refractivity contribution in [3.8, 4) is 0 Å². The van der Waals surface area contributed by atoms with Crippen LogP contribution in [0.4, 0.5) is 0 Å². The minimum atomic E-state index is -0.638. The zero-order valence-corrected chi connectivity index (χ0v) is 13.1. The second kappa shape index (κ2) is 8.82. The lowest BCUT2D eigenvalue weighted by molar-refractivity contribution is -0.151. The van der Waals surface area contributed by atoms with Crippen LogP contribution in [-0.4, -0.2) is 47.7 Å². The number of carbonyl (C=O) groups excluding carboxylic acids is 2. The average Bonchev–Trinajstić information content (AvgIpc) is 2.85. The van der Waals surface area contributed by atoms with Crippen molar-refractivity contribution in [2.75, 3.05) is 13.7 Å². The lowest BCUT2D eigenvalue weighted by Crippen LogP contribution is -2.41. The van der Waals surface area contributed by atoms with E-state index in [2.05, 4.69) is 6.58 Å². The number of nitrogens with zero attached hydrogens (tertiary/aromatic N) is 1. The molecule has 5 nitrogen and oxygen atoms in total. The summed E-state index contributed by atoms with van der Waals surface area (Å²) in [4.78, 5) is 25.4. The van der Waals surface area contributed by atoms with Crippen LogP contribution in [0.2, 0.25) is 0 Å². The van der Waals surface area contributed by atoms with E-state index in [1.54, 1.807) is 0 Å². The first-order valence-corrected chi connectivity index (χ1v) is 7.65. The summed E-state index contributed by atoms with van der Waals surface area (Å²) in [6.07, 6.45) is 6.10. The van der Waals surface area contributed by atoms with E-state index in [4.69, 9.17) is 4.74 Å². The topological polar surface area (TPSA) is 66.8 Å². The van der Waals surface area contributed by atoms with Gasteiger partial charge in [0.25, 0.3) is 0 Å². The van der Waals surface area contributed by atoms with Crippen molar-refractivity contribution in [3.63, 3.8) is 0 Å². The second-order valence-electron chi connectivity index (χ2n) is 5.86. The Morgan fingerprint density at radius 3 is 2.81 bits per heavy atom. The number of amides is 1. The van der Waals surface area contributed by atoms with Gasteiger partial charge in [0, 0.05) is 19.4 Å². The largest absolute Gasteiger partial charge is 0.467 e. The summed E-state index contributed by atoms with van der Waals surface area (Å²) in [6, 6.07) is -0.634. The second-order valence-corrected chi connectivity index (χ2v) is 5.86. The molecule has 0 radical (unpaired) electrons. The Bertz CT molecular complexity index is 369. The zero-order chi connectivity index (χ0) is 15.8. The van der Waals surface area contributed by atoms with Crippen molar-refractivity contribution in [1.82, 2.24) is 4.90 Å². The SMILES string of the molecule is C=CCCCCC(C)CC(=O)N1CC(O)CC1C(=O)OC. The molecule has 3 atom stereocenters. The number of β-amino-alcohol motifs (C(OH)–C–C–N with tert-alkyl or cyclic N) is 1. The van der Waals surface area contributed by atoms with E-state index >= 15 is 0 Å². The maximum atomic E-state index is 12.3.